The van der Waals surface area contributed by atoms with Gasteiger partial charge in [0.1, 0.15) is 0 Å². The number of anilines is 1. The number of para-hydroxylation sites is 1. The monoisotopic (exact) mass is 425 g/mol. The predicted octanol–water partition coefficient (Wildman–Crippen LogP) is 4.54. The van der Waals surface area contributed by atoms with Crippen molar-refractivity contribution in [2.45, 2.75) is 20.0 Å². The van der Waals surface area contributed by atoms with Gasteiger partial charge in [0.2, 0.25) is 0 Å². The number of methoxy groups -OCH3 is 1. The summed E-state index contributed by atoms with van der Waals surface area (Å²) in [6, 6.07) is 8.90. The van der Waals surface area contributed by atoms with E-state index in [-0.39, 0.29) is 5.56 Å². The van der Waals surface area contributed by atoms with Crippen LogP contribution in [0, 0.1) is 5.92 Å². The molecular weight excluding hydrogens is 403 g/mol. The van der Waals surface area contributed by atoms with Gasteiger partial charge < -0.3 is 19.5 Å². The van der Waals surface area contributed by atoms with E-state index >= 15 is 0 Å². The summed E-state index contributed by atoms with van der Waals surface area (Å²) in [6.07, 6.45) is -4.63. The number of benzene rings is 2. The highest BCUT2D eigenvalue weighted by Gasteiger charge is 2.33. The molecule has 162 valence electrons. The summed E-state index contributed by atoms with van der Waals surface area (Å²) in [5, 5.41) is 2.10. The molecule has 0 aliphatic heterocycles. The lowest BCUT2D eigenvalue weighted by Crippen LogP contribution is -2.22. The van der Waals surface area contributed by atoms with Crippen molar-refractivity contribution in [2.24, 2.45) is 5.92 Å². The zero-order valence-corrected chi connectivity index (χ0v) is 16.7. The molecule has 0 spiro atoms. The fourth-order valence-corrected chi connectivity index (χ4v) is 2.41. The first kappa shape index (κ1) is 23.1. The van der Waals surface area contributed by atoms with Crippen LogP contribution in [0.4, 0.5) is 18.9 Å². The molecule has 0 radical (unpaired) electrons. The van der Waals surface area contributed by atoms with Gasteiger partial charge in [-0.3, -0.25) is 4.79 Å². The first-order valence-corrected chi connectivity index (χ1v) is 9.06. The van der Waals surface area contributed by atoms with Crippen LogP contribution < -0.4 is 14.8 Å². The Kier molecular flexibility index (Phi) is 7.68. The Hall–Kier alpha value is -3.23. The normalized spacial score (nSPS) is 11.2. The molecule has 0 unspecified atom stereocenters. The van der Waals surface area contributed by atoms with E-state index in [1.807, 2.05) is 13.8 Å². The van der Waals surface area contributed by atoms with Crippen LogP contribution in [0.25, 0.3) is 0 Å². The van der Waals surface area contributed by atoms with Gasteiger partial charge in [-0.05, 0) is 36.2 Å². The fourth-order valence-electron chi connectivity index (χ4n) is 2.41. The summed E-state index contributed by atoms with van der Waals surface area (Å²) in [5.41, 5.74) is -1.31. The summed E-state index contributed by atoms with van der Waals surface area (Å²) in [6.45, 7) is 3.67. The van der Waals surface area contributed by atoms with Gasteiger partial charge in [-0.25, -0.2) is 4.79 Å². The minimum Gasteiger partial charge on any atom is -0.493 e. The van der Waals surface area contributed by atoms with Gasteiger partial charge in [-0.15, -0.1) is 0 Å². The molecule has 0 heterocycles. The smallest absolute Gasteiger partial charge is 0.418 e. The molecule has 0 aliphatic carbocycles. The maximum Gasteiger partial charge on any atom is 0.418 e. The number of carbonyl (C=O) groups excluding carboxylic acids is 2. The second-order valence-electron chi connectivity index (χ2n) is 6.74. The largest absolute Gasteiger partial charge is 0.493 e. The van der Waals surface area contributed by atoms with Crippen LogP contribution in [0.5, 0.6) is 11.5 Å². The number of esters is 1. The number of nitrogens with one attached hydrogen (secondary N) is 1. The van der Waals surface area contributed by atoms with Gasteiger partial charge in [-0.1, -0.05) is 26.0 Å². The minimum absolute atomic E-state index is 0.104. The zero-order chi connectivity index (χ0) is 22.3. The van der Waals surface area contributed by atoms with Crippen molar-refractivity contribution in [3.8, 4) is 11.5 Å². The molecule has 0 bridgehead atoms. The van der Waals surface area contributed by atoms with E-state index in [4.69, 9.17) is 14.2 Å². The Labute approximate surface area is 171 Å². The molecule has 2 rings (SSSR count). The number of alkyl halides is 3. The summed E-state index contributed by atoms with van der Waals surface area (Å²) >= 11 is 0. The third-order valence-electron chi connectivity index (χ3n) is 3.81. The standard InChI is InChI=1S/C21H22F3NO5/c1-13(2)11-29-17-9-8-14(10-18(17)28-3)20(27)30-12-19(26)25-16-7-5-4-6-15(16)21(22,23)24/h4-10,13H,11-12H2,1-3H3,(H,25,26). The molecule has 2 aromatic carbocycles. The van der Waals surface area contributed by atoms with E-state index in [9.17, 15) is 22.8 Å². The van der Waals surface area contributed by atoms with Gasteiger partial charge in [0, 0.05) is 0 Å². The zero-order valence-electron chi connectivity index (χ0n) is 16.7. The Morgan fingerprint density at radius 3 is 2.40 bits per heavy atom. The number of hydrogen-bond acceptors (Lipinski definition) is 5. The third kappa shape index (κ3) is 6.40. The van der Waals surface area contributed by atoms with Crippen molar-refractivity contribution < 1.29 is 37.0 Å². The van der Waals surface area contributed by atoms with Crippen molar-refractivity contribution in [3.05, 3.63) is 53.6 Å². The molecule has 2 aromatic rings. The van der Waals surface area contributed by atoms with E-state index in [2.05, 4.69) is 5.32 Å². The Morgan fingerprint density at radius 1 is 1.07 bits per heavy atom. The topological polar surface area (TPSA) is 73.9 Å². The Bertz CT molecular complexity index is 896. The fraction of sp³-hybridized carbons (Fsp3) is 0.333. The number of hydrogen-bond donors (Lipinski definition) is 1. The van der Waals surface area contributed by atoms with Crippen molar-refractivity contribution in [2.75, 3.05) is 25.6 Å². The van der Waals surface area contributed by atoms with E-state index in [1.165, 1.54) is 37.4 Å². The van der Waals surface area contributed by atoms with Crippen molar-refractivity contribution in [3.63, 3.8) is 0 Å². The SMILES string of the molecule is COc1cc(C(=O)OCC(=O)Nc2ccccc2C(F)(F)F)ccc1OCC(C)C. The van der Waals surface area contributed by atoms with Crippen LogP contribution in [-0.2, 0) is 15.7 Å². The maximum atomic E-state index is 13.0. The molecule has 0 aliphatic rings. The van der Waals surface area contributed by atoms with Gasteiger partial charge in [0.05, 0.1) is 30.5 Å². The number of ether oxygens (including phenoxy) is 3. The highest BCUT2D eigenvalue weighted by Crippen LogP contribution is 2.34. The summed E-state index contributed by atoms with van der Waals surface area (Å²) in [7, 11) is 1.41. The second-order valence-corrected chi connectivity index (χ2v) is 6.74. The van der Waals surface area contributed by atoms with Gasteiger partial charge >= 0.3 is 12.1 Å². The van der Waals surface area contributed by atoms with Crippen molar-refractivity contribution >= 4 is 17.6 Å². The van der Waals surface area contributed by atoms with Crippen LogP contribution in [0.3, 0.4) is 0 Å². The maximum absolute atomic E-state index is 13.0. The van der Waals surface area contributed by atoms with Gasteiger partial charge in [0.25, 0.3) is 5.91 Å². The third-order valence-corrected chi connectivity index (χ3v) is 3.81. The first-order valence-electron chi connectivity index (χ1n) is 9.06. The molecule has 1 N–H and O–H groups in total. The Morgan fingerprint density at radius 2 is 1.77 bits per heavy atom. The van der Waals surface area contributed by atoms with Crippen LogP contribution in [0.15, 0.2) is 42.5 Å². The van der Waals surface area contributed by atoms with Crippen molar-refractivity contribution in [1.29, 1.82) is 0 Å². The molecule has 0 atom stereocenters. The van der Waals surface area contributed by atoms with E-state index < -0.39 is 35.9 Å². The van der Waals surface area contributed by atoms with Crippen molar-refractivity contribution in [1.82, 2.24) is 0 Å². The second kappa shape index (κ2) is 10.00. The number of amides is 1. The van der Waals surface area contributed by atoms with Gasteiger partial charge in [0.15, 0.2) is 18.1 Å². The van der Waals surface area contributed by atoms with Gasteiger partial charge in [-0.2, -0.15) is 13.2 Å². The molecular formula is C21H22F3NO5. The summed E-state index contributed by atoms with van der Waals surface area (Å²) < 4.78 is 54.6. The average molecular weight is 425 g/mol. The lowest BCUT2D eigenvalue weighted by atomic mass is 10.1. The Balaban J connectivity index is 2.00. The number of carbonyl (C=O) groups is 2. The lowest BCUT2D eigenvalue weighted by molar-refractivity contribution is -0.137. The molecule has 0 aromatic heterocycles. The quantitative estimate of drug-likeness (QED) is 0.629. The number of rotatable bonds is 8. The average Bonchev–Trinajstić information content (AvgIpc) is 2.69. The molecule has 1 amide bonds. The molecule has 0 fully saturated rings. The minimum atomic E-state index is -4.63. The first-order chi connectivity index (χ1) is 14.1. The highest BCUT2D eigenvalue weighted by atomic mass is 19.4. The molecule has 6 nitrogen and oxygen atoms in total. The summed E-state index contributed by atoms with van der Waals surface area (Å²) in [5.74, 6) is -0.676. The molecule has 0 saturated carbocycles. The van der Waals surface area contributed by atoms with E-state index in [0.29, 0.717) is 24.0 Å². The lowest BCUT2D eigenvalue weighted by Gasteiger charge is -2.14. The predicted molar refractivity (Wildman–Crippen MR) is 104 cm³/mol. The number of halogens is 3. The van der Waals surface area contributed by atoms with Crippen LogP contribution in [-0.4, -0.2) is 32.2 Å². The molecule has 0 saturated heterocycles. The molecule has 9 heteroatoms. The van der Waals surface area contributed by atoms with Crippen LogP contribution >= 0.6 is 0 Å². The molecule has 30 heavy (non-hydrogen) atoms. The van der Waals surface area contributed by atoms with E-state index in [0.717, 1.165) is 12.1 Å². The van der Waals surface area contributed by atoms with Crippen LogP contribution in [0.2, 0.25) is 0 Å². The van der Waals surface area contributed by atoms with Crippen LogP contribution in [0.1, 0.15) is 29.8 Å². The summed E-state index contributed by atoms with van der Waals surface area (Å²) in [4.78, 5) is 24.1. The van der Waals surface area contributed by atoms with E-state index in [1.54, 1.807) is 0 Å². The highest BCUT2D eigenvalue weighted by molar-refractivity contribution is 5.96.